The molecule has 0 saturated carbocycles. The van der Waals surface area contributed by atoms with Crippen molar-refractivity contribution in [2.45, 2.75) is 4.34 Å². The molecule has 3 aromatic carbocycles. The zero-order valence-electron chi connectivity index (χ0n) is 13.8. The van der Waals surface area contributed by atoms with E-state index < -0.39 is 0 Å². The second-order valence-corrected chi connectivity index (χ2v) is 7.89. The summed E-state index contributed by atoms with van der Waals surface area (Å²) >= 11 is 3.02. The van der Waals surface area contributed by atoms with Crippen LogP contribution in [0.5, 0.6) is 0 Å². The number of carbonyl (C=O) groups excluding carboxylic acids is 1. The van der Waals surface area contributed by atoms with Crippen LogP contribution in [0, 0.1) is 0 Å². The van der Waals surface area contributed by atoms with E-state index in [9.17, 15) is 4.79 Å². The molecule has 0 radical (unpaired) electrons. The molecule has 4 aromatic rings. The fourth-order valence-corrected chi connectivity index (χ4v) is 4.40. The fourth-order valence-electron chi connectivity index (χ4n) is 2.54. The Morgan fingerprint density at radius 3 is 2.77 bits per heavy atom. The summed E-state index contributed by atoms with van der Waals surface area (Å²) in [6.45, 7) is 0. The highest BCUT2D eigenvalue weighted by Gasteiger charge is 2.06. The van der Waals surface area contributed by atoms with E-state index in [4.69, 9.17) is 0 Å². The summed E-state index contributed by atoms with van der Waals surface area (Å²) in [7, 11) is 0. The van der Waals surface area contributed by atoms with Gasteiger partial charge >= 0.3 is 0 Å². The van der Waals surface area contributed by atoms with Gasteiger partial charge in [-0.2, -0.15) is 5.10 Å². The molecule has 0 aliphatic heterocycles. The third-order valence-electron chi connectivity index (χ3n) is 3.78. The van der Waals surface area contributed by atoms with Gasteiger partial charge in [-0.05, 0) is 34.5 Å². The Morgan fingerprint density at radius 1 is 1.08 bits per heavy atom. The first kappa shape index (κ1) is 16.8. The summed E-state index contributed by atoms with van der Waals surface area (Å²) in [6.07, 6.45) is 1.66. The molecule has 1 amide bonds. The van der Waals surface area contributed by atoms with Crippen molar-refractivity contribution in [1.82, 2.24) is 10.4 Å². The first-order valence-corrected chi connectivity index (χ1v) is 9.87. The predicted molar refractivity (Wildman–Crippen MR) is 110 cm³/mol. The number of hydrogen-bond acceptors (Lipinski definition) is 5. The van der Waals surface area contributed by atoms with E-state index in [1.165, 1.54) is 17.1 Å². The third-order valence-corrected chi connectivity index (χ3v) is 5.96. The van der Waals surface area contributed by atoms with Crippen LogP contribution in [0.15, 0.2) is 76.2 Å². The molecule has 1 heterocycles. The van der Waals surface area contributed by atoms with E-state index in [1.54, 1.807) is 17.6 Å². The number of benzene rings is 3. The van der Waals surface area contributed by atoms with Crippen molar-refractivity contribution in [3.8, 4) is 0 Å². The van der Waals surface area contributed by atoms with Gasteiger partial charge < -0.3 is 0 Å². The number of nitrogens with one attached hydrogen (secondary N) is 1. The van der Waals surface area contributed by atoms with Crippen molar-refractivity contribution < 1.29 is 4.79 Å². The Bertz CT molecular complexity index is 1070. The number of amides is 1. The van der Waals surface area contributed by atoms with Gasteiger partial charge in [-0.3, -0.25) is 4.79 Å². The van der Waals surface area contributed by atoms with Crippen molar-refractivity contribution in [3.63, 3.8) is 0 Å². The Balaban J connectivity index is 1.33. The standard InChI is InChI=1S/C20H15N3OS2/c24-19(13-25-20-22-17-7-3-4-8-18(17)26-20)23-21-12-14-9-10-15-5-1-2-6-16(15)11-14/h1-12H,13H2,(H,23,24). The molecular weight excluding hydrogens is 362 g/mol. The van der Waals surface area contributed by atoms with Crippen molar-refractivity contribution in [2.24, 2.45) is 5.10 Å². The Labute approximate surface area is 159 Å². The van der Waals surface area contributed by atoms with E-state index in [0.717, 1.165) is 25.5 Å². The Kier molecular flexibility index (Phi) is 4.95. The van der Waals surface area contributed by atoms with Crippen molar-refractivity contribution in [1.29, 1.82) is 0 Å². The highest BCUT2D eigenvalue weighted by Crippen LogP contribution is 2.28. The second kappa shape index (κ2) is 7.68. The number of rotatable bonds is 5. The van der Waals surface area contributed by atoms with Gasteiger partial charge in [0.2, 0.25) is 0 Å². The summed E-state index contributed by atoms with van der Waals surface area (Å²) in [5, 5.41) is 6.38. The van der Waals surface area contributed by atoms with Gasteiger partial charge in [0, 0.05) is 0 Å². The summed E-state index contributed by atoms with van der Waals surface area (Å²) in [6, 6.07) is 22.2. The van der Waals surface area contributed by atoms with Gasteiger partial charge in [-0.25, -0.2) is 10.4 Å². The Hall–Kier alpha value is -2.70. The van der Waals surface area contributed by atoms with Crippen LogP contribution in [0.1, 0.15) is 5.56 Å². The van der Waals surface area contributed by atoms with Crippen LogP contribution in [-0.4, -0.2) is 22.9 Å². The van der Waals surface area contributed by atoms with E-state index in [2.05, 4.69) is 27.6 Å². The number of carbonyl (C=O) groups is 1. The molecular formula is C20H15N3OS2. The minimum atomic E-state index is -0.147. The van der Waals surface area contributed by atoms with Crippen LogP contribution in [-0.2, 0) is 4.79 Å². The number of thioether (sulfide) groups is 1. The number of fused-ring (bicyclic) bond motifs is 2. The zero-order chi connectivity index (χ0) is 17.8. The lowest BCUT2D eigenvalue weighted by molar-refractivity contribution is -0.118. The number of thiazole rings is 1. The molecule has 4 nitrogen and oxygen atoms in total. The molecule has 128 valence electrons. The van der Waals surface area contributed by atoms with Gasteiger partial charge in [0.05, 0.1) is 22.2 Å². The highest BCUT2D eigenvalue weighted by molar-refractivity contribution is 8.01. The average Bonchev–Trinajstić information content (AvgIpc) is 3.09. The van der Waals surface area contributed by atoms with Crippen LogP contribution in [0.3, 0.4) is 0 Å². The summed E-state index contributed by atoms with van der Waals surface area (Å²) < 4.78 is 2.02. The fraction of sp³-hybridized carbons (Fsp3) is 0.0500. The average molecular weight is 377 g/mol. The van der Waals surface area contributed by atoms with Gasteiger partial charge in [0.15, 0.2) is 4.34 Å². The molecule has 0 aliphatic rings. The monoisotopic (exact) mass is 377 g/mol. The molecule has 0 unspecified atom stereocenters. The Morgan fingerprint density at radius 2 is 1.88 bits per heavy atom. The lowest BCUT2D eigenvalue weighted by Gasteiger charge is -2.00. The van der Waals surface area contributed by atoms with Gasteiger partial charge in [-0.1, -0.05) is 60.3 Å². The molecule has 0 spiro atoms. The molecule has 0 atom stereocenters. The minimum Gasteiger partial charge on any atom is -0.272 e. The number of hydrazone groups is 1. The van der Waals surface area contributed by atoms with Crippen molar-refractivity contribution in [3.05, 3.63) is 72.3 Å². The van der Waals surface area contributed by atoms with E-state index >= 15 is 0 Å². The number of nitrogens with zero attached hydrogens (tertiary/aromatic N) is 2. The molecule has 1 aromatic heterocycles. The second-order valence-electron chi connectivity index (χ2n) is 5.64. The maximum absolute atomic E-state index is 12.0. The molecule has 1 N–H and O–H groups in total. The lowest BCUT2D eigenvalue weighted by Crippen LogP contribution is -2.19. The molecule has 0 bridgehead atoms. The summed E-state index contributed by atoms with van der Waals surface area (Å²) in [4.78, 5) is 16.5. The molecule has 0 saturated heterocycles. The highest BCUT2D eigenvalue weighted by atomic mass is 32.2. The summed E-state index contributed by atoms with van der Waals surface area (Å²) in [5.41, 5.74) is 4.48. The first-order valence-electron chi connectivity index (χ1n) is 8.07. The molecule has 0 fully saturated rings. The van der Waals surface area contributed by atoms with Crippen LogP contribution in [0.2, 0.25) is 0 Å². The predicted octanol–water partition coefficient (Wildman–Crippen LogP) is 4.69. The van der Waals surface area contributed by atoms with Crippen molar-refractivity contribution >= 4 is 56.2 Å². The molecule has 26 heavy (non-hydrogen) atoms. The quantitative estimate of drug-likeness (QED) is 0.312. The maximum Gasteiger partial charge on any atom is 0.250 e. The zero-order valence-corrected chi connectivity index (χ0v) is 15.4. The van der Waals surface area contributed by atoms with Gasteiger partial charge in [-0.15, -0.1) is 11.3 Å². The van der Waals surface area contributed by atoms with E-state index in [0.29, 0.717) is 0 Å². The maximum atomic E-state index is 12.0. The largest absolute Gasteiger partial charge is 0.272 e. The first-order chi connectivity index (χ1) is 12.8. The van der Waals surface area contributed by atoms with Gasteiger partial charge in [0.25, 0.3) is 5.91 Å². The summed E-state index contributed by atoms with van der Waals surface area (Å²) in [5.74, 6) is 0.140. The third kappa shape index (κ3) is 3.92. The number of hydrogen-bond donors (Lipinski definition) is 1. The van der Waals surface area contributed by atoms with Crippen LogP contribution >= 0.6 is 23.1 Å². The normalized spacial score (nSPS) is 11.4. The molecule has 4 rings (SSSR count). The molecule has 6 heteroatoms. The topological polar surface area (TPSA) is 54.4 Å². The minimum absolute atomic E-state index is 0.147. The SMILES string of the molecule is O=C(CSc1nc2ccccc2s1)NN=Cc1ccc2ccccc2c1. The van der Waals surface area contributed by atoms with Crippen LogP contribution in [0.25, 0.3) is 21.0 Å². The van der Waals surface area contributed by atoms with Crippen LogP contribution < -0.4 is 5.43 Å². The van der Waals surface area contributed by atoms with E-state index in [-0.39, 0.29) is 11.7 Å². The number of para-hydroxylation sites is 1. The smallest absolute Gasteiger partial charge is 0.250 e. The van der Waals surface area contributed by atoms with Gasteiger partial charge in [0.1, 0.15) is 0 Å². The lowest BCUT2D eigenvalue weighted by atomic mass is 10.1. The molecule has 0 aliphatic carbocycles. The van der Waals surface area contributed by atoms with Crippen molar-refractivity contribution in [2.75, 3.05) is 5.75 Å². The van der Waals surface area contributed by atoms with Crippen LogP contribution in [0.4, 0.5) is 0 Å². The van der Waals surface area contributed by atoms with E-state index in [1.807, 2.05) is 54.6 Å². The number of aromatic nitrogens is 1.